The second kappa shape index (κ2) is 8.15. The third-order valence-electron chi connectivity index (χ3n) is 5.82. The van der Waals surface area contributed by atoms with Crippen LogP contribution >= 0.6 is 19.4 Å². The Bertz CT molecular complexity index is 1390. The van der Waals surface area contributed by atoms with Crippen LogP contribution in [0.3, 0.4) is 0 Å². The van der Waals surface area contributed by atoms with E-state index in [1.165, 1.54) is 23.0 Å². The monoisotopic (exact) mass is 521 g/mol. The maximum absolute atomic E-state index is 12.7. The summed E-state index contributed by atoms with van der Waals surface area (Å²) in [4.78, 5) is 14.3. The van der Waals surface area contributed by atoms with E-state index in [-0.39, 0.29) is 23.2 Å². The Kier molecular flexibility index (Phi) is 5.58. The predicted molar refractivity (Wildman–Crippen MR) is 121 cm³/mol. The summed E-state index contributed by atoms with van der Waals surface area (Å²) in [5, 5.41) is 14.5. The van der Waals surface area contributed by atoms with Gasteiger partial charge in [-0.05, 0) is 38.1 Å². The van der Waals surface area contributed by atoms with Crippen LogP contribution in [0.2, 0.25) is 5.02 Å². The lowest BCUT2D eigenvalue weighted by Gasteiger charge is -2.29. The molecule has 5 rings (SSSR count). The Morgan fingerprint density at radius 1 is 1.37 bits per heavy atom. The molecule has 4 atom stereocenters. The first-order valence-electron chi connectivity index (χ1n) is 10.4. The van der Waals surface area contributed by atoms with Crippen LogP contribution in [0.25, 0.3) is 5.52 Å². The number of rotatable bonds is 6. The van der Waals surface area contributed by atoms with Crippen molar-refractivity contribution in [3.05, 3.63) is 53.4 Å². The van der Waals surface area contributed by atoms with E-state index in [1.807, 2.05) is 6.07 Å². The van der Waals surface area contributed by atoms with E-state index in [1.54, 1.807) is 38.1 Å². The van der Waals surface area contributed by atoms with Crippen LogP contribution in [0.4, 0.5) is 5.82 Å². The first-order valence-corrected chi connectivity index (χ1v) is 12.3. The highest BCUT2D eigenvalue weighted by molar-refractivity contribution is 7.47. The number of hydrogen-bond acceptors (Lipinski definition) is 10. The summed E-state index contributed by atoms with van der Waals surface area (Å²) < 4.78 is 42.8. The van der Waals surface area contributed by atoms with E-state index in [0.717, 1.165) is 0 Å². The van der Waals surface area contributed by atoms with Gasteiger partial charge < -0.3 is 24.5 Å². The fourth-order valence-electron chi connectivity index (χ4n) is 4.41. The average Bonchev–Trinajstić information content (AvgIpc) is 3.44. The zero-order valence-electron chi connectivity index (χ0n) is 18.6. The Balaban J connectivity index is 1.48. The molecule has 2 saturated heterocycles. The molecular formula is C21H21ClN5O7P. The fourth-order valence-corrected chi connectivity index (χ4v) is 5.45. The Morgan fingerprint density at radius 3 is 2.89 bits per heavy atom. The maximum atomic E-state index is 12.7. The number of aromatic nitrogens is 3. The van der Waals surface area contributed by atoms with Gasteiger partial charge in [0.1, 0.15) is 36.4 Å². The number of phosphoric acid groups is 1. The largest absolute Gasteiger partial charge is 0.527 e. The lowest BCUT2D eigenvalue weighted by molar-refractivity contribution is -0.202. The molecule has 2 aliphatic heterocycles. The molecule has 2 aromatic heterocycles. The van der Waals surface area contributed by atoms with Crippen molar-refractivity contribution in [1.29, 1.82) is 5.26 Å². The van der Waals surface area contributed by atoms with E-state index in [4.69, 9.17) is 40.6 Å². The molecule has 4 heterocycles. The van der Waals surface area contributed by atoms with Crippen LogP contribution in [0.1, 0.15) is 19.5 Å². The van der Waals surface area contributed by atoms with Crippen molar-refractivity contribution in [3.8, 4) is 11.8 Å². The predicted octanol–water partition coefficient (Wildman–Crippen LogP) is 2.80. The van der Waals surface area contributed by atoms with Crippen molar-refractivity contribution >= 4 is 30.8 Å². The number of fused-ring (bicyclic) bond motifs is 2. The Labute approximate surface area is 204 Å². The van der Waals surface area contributed by atoms with Gasteiger partial charge in [0.25, 0.3) is 0 Å². The van der Waals surface area contributed by atoms with Crippen LogP contribution in [0.5, 0.6) is 5.75 Å². The topological polar surface area (TPSA) is 163 Å². The van der Waals surface area contributed by atoms with Crippen LogP contribution in [0, 0.1) is 11.3 Å². The highest BCUT2D eigenvalue weighted by Gasteiger charge is 2.70. The van der Waals surface area contributed by atoms with E-state index >= 15 is 0 Å². The minimum atomic E-state index is -4.70. The third kappa shape index (κ3) is 3.95. The zero-order chi connectivity index (χ0) is 25.1. The van der Waals surface area contributed by atoms with Gasteiger partial charge in [-0.2, -0.15) is 10.4 Å². The molecule has 1 aromatic carbocycles. The van der Waals surface area contributed by atoms with Gasteiger partial charge in [-0.3, -0.25) is 9.42 Å². The van der Waals surface area contributed by atoms with E-state index in [9.17, 15) is 14.7 Å². The molecule has 0 aliphatic carbocycles. The van der Waals surface area contributed by atoms with Crippen LogP contribution in [-0.4, -0.2) is 50.2 Å². The van der Waals surface area contributed by atoms with Gasteiger partial charge in [0, 0.05) is 0 Å². The first kappa shape index (κ1) is 24.0. The number of halogens is 1. The van der Waals surface area contributed by atoms with Crippen molar-refractivity contribution < 1.29 is 32.7 Å². The molecule has 0 amide bonds. The number of ether oxygens (including phenoxy) is 3. The Hall–Kier alpha value is -2.75. The van der Waals surface area contributed by atoms with Crippen LogP contribution in [-0.2, 0) is 28.9 Å². The van der Waals surface area contributed by atoms with Gasteiger partial charge in [0.15, 0.2) is 17.2 Å². The smallest absolute Gasteiger partial charge is 0.403 e. The number of benzene rings is 1. The molecule has 3 N–H and O–H groups in total. The number of nitrogen functional groups attached to an aromatic ring is 1. The minimum Gasteiger partial charge on any atom is -0.403 e. The summed E-state index contributed by atoms with van der Waals surface area (Å²) in [7, 11) is -4.70. The quantitative estimate of drug-likeness (QED) is 0.458. The van der Waals surface area contributed by atoms with E-state index in [2.05, 4.69) is 10.1 Å². The summed E-state index contributed by atoms with van der Waals surface area (Å²) in [5.41, 5.74) is 3.89. The number of para-hydroxylation sites is 1. The summed E-state index contributed by atoms with van der Waals surface area (Å²) in [6, 6.07) is 11.6. The third-order valence-corrected chi connectivity index (χ3v) is 7.01. The second-order valence-electron chi connectivity index (χ2n) is 8.60. The normalized spacial score (nSPS) is 28.9. The van der Waals surface area contributed by atoms with Gasteiger partial charge in [0.2, 0.25) is 5.60 Å². The minimum absolute atomic E-state index is 0.0498. The molecule has 35 heavy (non-hydrogen) atoms. The SMILES string of the molecule is CC1(C)O[C@H]2C(c3ccc4c(N)ncnn34)(CO[C@]2(C#N)COP(=O)(O)Oc2ccccc2Cl)O1. The molecule has 2 unspecified atom stereocenters. The first-order chi connectivity index (χ1) is 16.5. The average molecular weight is 522 g/mol. The number of nitrogens with two attached hydrogens (primary N) is 1. The number of anilines is 1. The Morgan fingerprint density at radius 2 is 2.14 bits per heavy atom. The van der Waals surface area contributed by atoms with Gasteiger partial charge in [0.05, 0.1) is 17.3 Å². The van der Waals surface area contributed by atoms with Gasteiger partial charge in [-0.25, -0.2) is 14.1 Å². The zero-order valence-corrected chi connectivity index (χ0v) is 20.3. The molecule has 0 saturated carbocycles. The lowest BCUT2D eigenvalue weighted by Crippen LogP contribution is -2.49. The number of hydrogen-bond donors (Lipinski definition) is 2. The highest BCUT2D eigenvalue weighted by Crippen LogP contribution is 2.55. The lowest BCUT2D eigenvalue weighted by atomic mass is 9.86. The van der Waals surface area contributed by atoms with E-state index in [0.29, 0.717) is 11.2 Å². The van der Waals surface area contributed by atoms with Gasteiger partial charge >= 0.3 is 7.82 Å². The van der Waals surface area contributed by atoms with E-state index < -0.39 is 37.5 Å². The van der Waals surface area contributed by atoms with Gasteiger partial charge in [-0.1, -0.05) is 23.7 Å². The maximum Gasteiger partial charge on any atom is 0.527 e. The number of phosphoric ester groups is 1. The molecule has 2 fully saturated rings. The van der Waals surface area contributed by atoms with Gasteiger partial charge in [-0.15, -0.1) is 0 Å². The summed E-state index contributed by atoms with van der Waals surface area (Å²) in [6.45, 7) is 2.59. The second-order valence-corrected chi connectivity index (χ2v) is 10.4. The summed E-state index contributed by atoms with van der Waals surface area (Å²) in [6.07, 6.45) is 0.229. The fraction of sp³-hybridized carbons (Fsp3) is 0.381. The molecule has 12 nitrogen and oxygen atoms in total. The van der Waals surface area contributed by atoms with Crippen molar-refractivity contribution in [3.63, 3.8) is 0 Å². The molecule has 0 radical (unpaired) electrons. The molecular weight excluding hydrogens is 501 g/mol. The van der Waals surface area contributed by atoms with Crippen molar-refractivity contribution in [2.24, 2.45) is 0 Å². The van der Waals surface area contributed by atoms with Crippen LogP contribution in [0.15, 0.2) is 42.7 Å². The van der Waals surface area contributed by atoms with Crippen LogP contribution < -0.4 is 10.3 Å². The molecule has 3 aromatic rings. The number of nitrogens with zero attached hydrogens (tertiary/aromatic N) is 4. The standard InChI is InChI=1S/C21H21ClN5O7P/c1-19(2)32-18-20(9-23,10-31-35(28,29)33-15-6-4-3-5-13(15)22)30-11-21(18,34-19)16-8-7-14-17(24)25-12-26-27(14)16/h3-8,12,18H,10-11H2,1-2H3,(H,28,29)(H2,24,25,26)/t18-,20-,21?/m1/s1. The molecule has 2 aliphatic rings. The molecule has 0 bridgehead atoms. The molecule has 14 heteroatoms. The summed E-state index contributed by atoms with van der Waals surface area (Å²) in [5.74, 6) is -0.925. The molecule has 184 valence electrons. The highest BCUT2D eigenvalue weighted by atomic mass is 35.5. The van der Waals surface area contributed by atoms with Crippen molar-refractivity contribution in [1.82, 2.24) is 14.6 Å². The molecule has 0 spiro atoms. The van der Waals surface area contributed by atoms with Crippen molar-refractivity contribution in [2.45, 2.75) is 36.9 Å². The van der Waals surface area contributed by atoms with Crippen molar-refractivity contribution in [2.75, 3.05) is 18.9 Å². The number of nitriles is 1. The summed E-state index contributed by atoms with van der Waals surface area (Å²) >= 11 is 6.00.